The van der Waals surface area contributed by atoms with Crippen LogP contribution in [0.25, 0.3) is 0 Å². The summed E-state index contributed by atoms with van der Waals surface area (Å²) in [6.07, 6.45) is 3.57. The van der Waals surface area contributed by atoms with E-state index in [9.17, 15) is 4.79 Å². The molecule has 0 fully saturated rings. The van der Waals surface area contributed by atoms with Crippen LogP contribution in [0.4, 0.5) is 0 Å². The van der Waals surface area contributed by atoms with Crippen LogP contribution in [-0.2, 0) is 18.4 Å². The Hall–Kier alpha value is -1.36. The average molecular weight is 183 g/mol. The second-order valence-electron chi connectivity index (χ2n) is 3.10. The second-order valence-corrected chi connectivity index (χ2v) is 3.10. The van der Waals surface area contributed by atoms with E-state index in [1.807, 2.05) is 17.8 Å². The Labute approximate surface area is 76.6 Å². The third-order valence-electron chi connectivity index (χ3n) is 1.60. The minimum atomic E-state index is -0.821. The summed E-state index contributed by atoms with van der Waals surface area (Å²) in [6.45, 7) is 0.601. The number of carbonyl (C=O) groups is 1. The van der Waals surface area contributed by atoms with Gasteiger partial charge in [0.1, 0.15) is 0 Å². The molecule has 0 amide bonds. The van der Waals surface area contributed by atoms with E-state index in [0.29, 0.717) is 6.54 Å². The van der Waals surface area contributed by atoms with Crippen molar-refractivity contribution in [1.29, 1.82) is 0 Å². The molecule has 0 saturated carbocycles. The van der Waals surface area contributed by atoms with E-state index in [-0.39, 0.29) is 6.54 Å². The summed E-state index contributed by atoms with van der Waals surface area (Å²) in [5, 5.41) is 8.50. The minimum Gasteiger partial charge on any atom is -0.480 e. The molecule has 1 rings (SSSR count). The number of aliphatic carboxylic acids is 1. The molecule has 0 bridgehead atoms. The Morgan fingerprint density at radius 1 is 1.77 bits per heavy atom. The highest BCUT2D eigenvalue weighted by molar-refractivity contribution is 5.68. The van der Waals surface area contributed by atoms with E-state index in [2.05, 4.69) is 4.98 Å². The number of aryl methyl sites for hydroxylation is 1. The minimum absolute atomic E-state index is 0.0383. The molecule has 1 heterocycles. The summed E-state index contributed by atoms with van der Waals surface area (Å²) >= 11 is 0. The molecule has 0 aromatic carbocycles. The van der Waals surface area contributed by atoms with Crippen molar-refractivity contribution >= 4 is 5.97 Å². The molecule has 5 nitrogen and oxygen atoms in total. The van der Waals surface area contributed by atoms with Crippen molar-refractivity contribution in [2.45, 2.75) is 6.54 Å². The number of hydrogen-bond acceptors (Lipinski definition) is 3. The number of aromatic nitrogens is 2. The Bertz CT molecular complexity index is 295. The van der Waals surface area contributed by atoms with E-state index in [1.165, 1.54) is 0 Å². The van der Waals surface area contributed by atoms with E-state index in [0.717, 1.165) is 5.69 Å². The monoisotopic (exact) mass is 183 g/mol. The first kappa shape index (κ1) is 9.73. The van der Waals surface area contributed by atoms with Crippen molar-refractivity contribution in [2.75, 3.05) is 13.6 Å². The van der Waals surface area contributed by atoms with Gasteiger partial charge >= 0.3 is 5.97 Å². The highest BCUT2D eigenvalue weighted by Crippen LogP contribution is 1.98. The number of rotatable bonds is 4. The van der Waals surface area contributed by atoms with Crippen molar-refractivity contribution in [2.24, 2.45) is 7.05 Å². The highest BCUT2D eigenvalue weighted by atomic mass is 16.4. The van der Waals surface area contributed by atoms with Gasteiger partial charge < -0.3 is 9.67 Å². The van der Waals surface area contributed by atoms with Gasteiger partial charge in [0, 0.05) is 19.8 Å². The molecule has 0 aliphatic carbocycles. The molecule has 1 aromatic heterocycles. The van der Waals surface area contributed by atoms with E-state index in [4.69, 9.17) is 5.11 Å². The van der Waals surface area contributed by atoms with E-state index < -0.39 is 5.97 Å². The standard InChI is InChI=1S/C8H13N3O2/c1-10(5-8(12)13)3-7-4-11(2)6-9-7/h4,6H,3,5H2,1-2H3,(H,12,13). The zero-order valence-electron chi connectivity index (χ0n) is 7.77. The summed E-state index contributed by atoms with van der Waals surface area (Å²) in [6, 6.07) is 0. The van der Waals surface area contributed by atoms with Gasteiger partial charge in [0.15, 0.2) is 0 Å². The van der Waals surface area contributed by atoms with Crippen LogP contribution in [0, 0.1) is 0 Å². The summed E-state index contributed by atoms with van der Waals surface area (Å²) in [7, 11) is 3.64. The lowest BCUT2D eigenvalue weighted by Crippen LogP contribution is -2.25. The molecule has 72 valence electrons. The van der Waals surface area contributed by atoms with Crippen molar-refractivity contribution in [1.82, 2.24) is 14.5 Å². The first-order chi connectivity index (χ1) is 6.08. The number of carboxylic acid groups (broad SMARTS) is 1. The van der Waals surface area contributed by atoms with Crippen molar-refractivity contribution in [3.05, 3.63) is 18.2 Å². The van der Waals surface area contributed by atoms with Crippen molar-refractivity contribution in [3.63, 3.8) is 0 Å². The maximum atomic E-state index is 10.3. The zero-order valence-corrected chi connectivity index (χ0v) is 7.77. The molecule has 1 N–H and O–H groups in total. The molecule has 0 radical (unpaired) electrons. The number of hydrogen-bond donors (Lipinski definition) is 1. The molecule has 5 heteroatoms. The van der Waals surface area contributed by atoms with Gasteiger partial charge in [-0.05, 0) is 7.05 Å². The number of imidazole rings is 1. The van der Waals surface area contributed by atoms with Gasteiger partial charge in [0.2, 0.25) is 0 Å². The molecule has 13 heavy (non-hydrogen) atoms. The van der Waals surface area contributed by atoms with Crippen LogP contribution >= 0.6 is 0 Å². The SMILES string of the molecule is CN(CC(=O)O)Cc1cn(C)cn1. The molecular formula is C8H13N3O2. The molecule has 1 aromatic rings. The zero-order chi connectivity index (χ0) is 9.84. The summed E-state index contributed by atoms with van der Waals surface area (Å²) in [4.78, 5) is 16.1. The largest absolute Gasteiger partial charge is 0.480 e. The van der Waals surface area contributed by atoms with Crippen LogP contribution in [0.5, 0.6) is 0 Å². The van der Waals surface area contributed by atoms with Crippen LogP contribution < -0.4 is 0 Å². The van der Waals surface area contributed by atoms with Gasteiger partial charge in [-0.2, -0.15) is 0 Å². The summed E-state index contributed by atoms with van der Waals surface area (Å²) in [5.41, 5.74) is 0.881. The van der Waals surface area contributed by atoms with Crippen LogP contribution in [-0.4, -0.2) is 39.1 Å². The molecule has 0 atom stereocenters. The Balaban J connectivity index is 2.44. The normalized spacial score (nSPS) is 10.7. The van der Waals surface area contributed by atoms with Crippen LogP contribution in [0.3, 0.4) is 0 Å². The van der Waals surface area contributed by atoms with Gasteiger partial charge in [-0.3, -0.25) is 9.69 Å². The smallest absolute Gasteiger partial charge is 0.317 e. The molecular weight excluding hydrogens is 170 g/mol. The van der Waals surface area contributed by atoms with Crippen molar-refractivity contribution in [3.8, 4) is 0 Å². The second kappa shape index (κ2) is 4.04. The van der Waals surface area contributed by atoms with Gasteiger partial charge in [0.25, 0.3) is 0 Å². The lowest BCUT2D eigenvalue weighted by atomic mass is 10.4. The quantitative estimate of drug-likeness (QED) is 0.710. The Kier molecular flexibility index (Phi) is 3.02. The number of nitrogens with zero attached hydrogens (tertiary/aromatic N) is 3. The molecule has 0 spiro atoms. The highest BCUT2D eigenvalue weighted by Gasteiger charge is 2.05. The maximum absolute atomic E-state index is 10.3. The van der Waals surface area contributed by atoms with E-state index in [1.54, 1.807) is 18.3 Å². The van der Waals surface area contributed by atoms with Crippen molar-refractivity contribution < 1.29 is 9.90 Å². The van der Waals surface area contributed by atoms with Gasteiger partial charge in [-0.15, -0.1) is 0 Å². The third-order valence-corrected chi connectivity index (χ3v) is 1.60. The Morgan fingerprint density at radius 3 is 2.92 bits per heavy atom. The van der Waals surface area contributed by atoms with Gasteiger partial charge in [0.05, 0.1) is 18.6 Å². The van der Waals surface area contributed by atoms with Crippen LogP contribution in [0.15, 0.2) is 12.5 Å². The number of carboxylic acids is 1. The molecule has 0 saturated heterocycles. The molecule has 0 aliphatic heterocycles. The predicted molar refractivity (Wildman–Crippen MR) is 47.2 cm³/mol. The first-order valence-electron chi connectivity index (χ1n) is 3.95. The topological polar surface area (TPSA) is 58.4 Å². The molecule has 0 unspecified atom stereocenters. The van der Waals surface area contributed by atoms with Gasteiger partial charge in [-0.1, -0.05) is 0 Å². The lowest BCUT2D eigenvalue weighted by molar-refractivity contribution is -0.138. The Morgan fingerprint density at radius 2 is 2.46 bits per heavy atom. The summed E-state index contributed by atoms with van der Waals surface area (Å²) in [5.74, 6) is -0.821. The third kappa shape index (κ3) is 3.25. The number of likely N-dealkylation sites (N-methyl/N-ethyl adjacent to an activating group) is 1. The fourth-order valence-corrected chi connectivity index (χ4v) is 1.11. The van der Waals surface area contributed by atoms with E-state index >= 15 is 0 Å². The van der Waals surface area contributed by atoms with Crippen LogP contribution in [0.1, 0.15) is 5.69 Å². The fourth-order valence-electron chi connectivity index (χ4n) is 1.11. The predicted octanol–water partition coefficient (Wildman–Crippen LogP) is -0.0635. The molecule has 0 aliphatic rings. The van der Waals surface area contributed by atoms with Crippen LogP contribution in [0.2, 0.25) is 0 Å². The fraction of sp³-hybridized carbons (Fsp3) is 0.500. The average Bonchev–Trinajstić information content (AvgIpc) is 2.33. The first-order valence-corrected chi connectivity index (χ1v) is 3.95. The van der Waals surface area contributed by atoms with Gasteiger partial charge in [-0.25, -0.2) is 4.98 Å². The lowest BCUT2D eigenvalue weighted by Gasteiger charge is -2.11. The maximum Gasteiger partial charge on any atom is 0.317 e. The summed E-state index contributed by atoms with van der Waals surface area (Å²) < 4.78 is 1.84.